The van der Waals surface area contributed by atoms with Crippen molar-refractivity contribution in [1.29, 1.82) is 0 Å². The molecule has 0 radical (unpaired) electrons. The van der Waals surface area contributed by atoms with Crippen molar-refractivity contribution in [3.8, 4) is 0 Å². The Balaban J connectivity index is 1.94. The number of nitrogens with zero attached hydrogens (tertiary/aromatic N) is 2. The Kier molecular flexibility index (Phi) is 6.75. The zero-order valence-corrected chi connectivity index (χ0v) is 14.1. The molecule has 1 heterocycles. The second-order valence-electron chi connectivity index (χ2n) is 6.76. The Bertz CT molecular complexity index is 393. The van der Waals surface area contributed by atoms with Crippen molar-refractivity contribution >= 4 is 0 Å². The lowest BCUT2D eigenvalue weighted by Crippen LogP contribution is -2.29. The lowest BCUT2D eigenvalue weighted by Gasteiger charge is -2.23. The van der Waals surface area contributed by atoms with E-state index in [2.05, 4.69) is 43.0 Å². The molecular weight excluding hydrogens is 258 g/mol. The summed E-state index contributed by atoms with van der Waals surface area (Å²) < 4.78 is 2.14. The molecule has 1 aromatic heterocycles. The van der Waals surface area contributed by atoms with Crippen LogP contribution in [0.4, 0.5) is 0 Å². The lowest BCUT2D eigenvalue weighted by molar-refractivity contribution is 0.317. The molecule has 120 valence electrons. The van der Waals surface area contributed by atoms with Crippen molar-refractivity contribution in [1.82, 2.24) is 15.1 Å². The van der Waals surface area contributed by atoms with Gasteiger partial charge in [0, 0.05) is 12.2 Å². The summed E-state index contributed by atoms with van der Waals surface area (Å²) in [5, 5.41) is 8.45. The molecule has 0 spiro atoms. The van der Waals surface area contributed by atoms with Crippen LogP contribution in [0.2, 0.25) is 0 Å². The van der Waals surface area contributed by atoms with Gasteiger partial charge in [-0.05, 0) is 57.2 Å². The van der Waals surface area contributed by atoms with Gasteiger partial charge in [0.2, 0.25) is 0 Å². The van der Waals surface area contributed by atoms with Crippen LogP contribution in [-0.4, -0.2) is 22.9 Å². The molecule has 1 fully saturated rings. The van der Waals surface area contributed by atoms with Gasteiger partial charge in [-0.25, -0.2) is 0 Å². The summed E-state index contributed by atoms with van der Waals surface area (Å²) in [6, 6.07) is 2.75. The molecule has 1 aromatic rings. The highest BCUT2D eigenvalue weighted by Crippen LogP contribution is 2.32. The van der Waals surface area contributed by atoms with Crippen LogP contribution >= 0.6 is 0 Å². The van der Waals surface area contributed by atoms with Crippen LogP contribution in [0.1, 0.15) is 71.0 Å². The van der Waals surface area contributed by atoms with Gasteiger partial charge in [-0.1, -0.05) is 39.5 Å². The smallest absolute Gasteiger partial charge is 0.0628 e. The largest absolute Gasteiger partial charge is 0.316 e. The van der Waals surface area contributed by atoms with Crippen molar-refractivity contribution in [2.45, 2.75) is 71.8 Å². The molecule has 1 aliphatic carbocycles. The molecule has 0 aromatic carbocycles. The summed E-state index contributed by atoms with van der Waals surface area (Å²) in [5.41, 5.74) is 1.28. The normalized spacial score (nSPS) is 19.0. The van der Waals surface area contributed by atoms with E-state index in [1.54, 1.807) is 0 Å². The van der Waals surface area contributed by atoms with E-state index in [1.165, 1.54) is 37.8 Å². The van der Waals surface area contributed by atoms with Gasteiger partial charge in [-0.3, -0.25) is 4.68 Å². The molecule has 0 saturated heterocycles. The molecule has 3 nitrogen and oxygen atoms in total. The van der Waals surface area contributed by atoms with Crippen LogP contribution in [-0.2, 0) is 6.42 Å². The lowest BCUT2D eigenvalue weighted by atomic mass is 9.87. The Hall–Kier alpha value is -0.830. The highest BCUT2D eigenvalue weighted by atomic mass is 15.3. The van der Waals surface area contributed by atoms with E-state index in [0.717, 1.165) is 37.8 Å². The van der Waals surface area contributed by atoms with Gasteiger partial charge in [0.1, 0.15) is 0 Å². The molecule has 2 unspecified atom stereocenters. The fourth-order valence-corrected chi connectivity index (χ4v) is 3.49. The molecule has 0 amide bonds. The zero-order valence-electron chi connectivity index (χ0n) is 14.1. The van der Waals surface area contributed by atoms with E-state index in [9.17, 15) is 0 Å². The molecule has 1 aliphatic rings. The van der Waals surface area contributed by atoms with Gasteiger partial charge in [0.25, 0.3) is 0 Å². The Labute approximate surface area is 130 Å². The first-order valence-corrected chi connectivity index (χ1v) is 8.99. The maximum absolute atomic E-state index is 4.81. The van der Waals surface area contributed by atoms with E-state index < -0.39 is 0 Å². The van der Waals surface area contributed by atoms with E-state index in [-0.39, 0.29) is 0 Å². The highest BCUT2D eigenvalue weighted by molar-refractivity contribution is 5.02. The van der Waals surface area contributed by atoms with Gasteiger partial charge >= 0.3 is 0 Å². The molecule has 21 heavy (non-hydrogen) atoms. The molecular formula is C18H33N3. The summed E-state index contributed by atoms with van der Waals surface area (Å²) in [4.78, 5) is 0. The third-order valence-corrected chi connectivity index (χ3v) is 5.08. The van der Waals surface area contributed by atoms with Gasteiger partial charge in [0.05, 0.1) is 5.69 Å². The fourth-order valence-electron chi connectivity index (χ4n) is 3.49. The van der Waals surface area contributed by atoms with Crippen LogP contribution in [0.25, 0.3) is 0 Å². The summed E-state index contributed by atoms with van der Waals surface area (Å²) in [6.07, 6.45) is 11.4. The Morgan fingerprint density at radius 1 is 1.33 bits per heavy atom. The molecule has 2 rings (SSSR count). The van der Waals surface area contributed by atoms with Gasteiger partial charge < -0.3 is 5.32 Å². The number of rotatable bonds is 9. The number of aromatic nitrogens is 2. The van der Waals surface area contributed by atoms with Gasteiger partial charge in [-0.15, -0.1) is 0 Å². The maximum Gasteiger partial charge on any atom is 0.0628 e. The maximum atomic E-state index is 4.81. The first-order valence-electron chi connectivity index (χ1n) is 8.99. The minimum atomic E-state index is 0.516. The van der Waals surface area contributed by atoms with Gasteiger partial charge in [-0.2, -0.15) is 5.10 Å². The minimum Gasteiger partial charge on any atom is -0.316 e. The SMILES string of the molecule is CCCNCC(Cc1ccn(C(C)CC)n1)C1CCCC1. The van der Waals surface area contributed by atoms with E-state index >= 15 is 0 Å². The number of hydrogen-bond donors (Lipinski definition) is 1. The van der Waals surface area contributed by atoms with Crippen molar-refractivity contribution in [2.75, 3.05) is 13.1 Å². The van der Waals surface area contributed by atoms with Crippen molar-refractivity contribution < 1.29 is 0 Å². The van der Waals surface area contributed by atoms with Crippen LogP contribution < -0.4 is 5.32 Å². The van der Waals surface area contributed by atoms with Crippen LogP contribution in [0.15, 0.2) is 12.3 Å². The predicted molar refractivity (Wildman–Crippen MR) is 89.5 cm³/mol. The fraction of sp³-hybridized carbons (Fsp3) is 0.833. The zero-order chi connectivity index (χ0) is 15.1. The number of hydrogen-bond acceptors (Lipinski definition) is 2. The first-order chi connectivity index (χ1) is 10.2. The Morgan fingerprint density at radius 2 is 2.10 bits per heavy atom. The molecule has 0 aliphatic heterocycles. The second kappa shape index (κ2) is 8.57. The summed E-state index contributed by atoms with van der Waals surface area (Å²) >= 11 is 0. The highest BCUT2D eigenvalue weighted by Gasteiger charge is 2.25. The first kappa shape index (κ1) is 16.5. The van der Waals surface area contributed by atoms with Crippen LogP contribution in [0.3, 0.4) is 0 Å². The topological polar surface area (TPSA) is 29.9 Å². The van der Waals surface area contributed by atoms with Gasteiger partial charge in [0.15, 0.2) is 0 Å². The summed E-state index contributed by atoms with van der Waals surface area (Å²) in [6.45, 7) is 9.01. The van der Waals surface area contributed by atoms with E-state index in [0.29, 0.717) is 6.04 Å². The quantitative estimate of drug-likeness (QED) is 0.691. The second-order valence-corrected chi connectivity index (χ2v) is 6.76. The number of nitrogens with one attached hydrogen (secondary N) is 1. The molecule has 0 bridgehead atoms. The van der Waals surface area contributed by atoms with Crippen LogP contribution in [0, 0.1) is 11.8 Å². The van der Waals surface area contributed by atoms with Crippen molar-refractivity contribution in [3.63, 3.8) is 0 Å². The average molecular weight is 291 g/mol. The molecule has 3 heteroatoms. The molecule has 1 saturated carbocycles. The summed E-state index contributed by atoms with van der Waals surface area (Å²) in [7, 11) is 0. The van der Waals surface area contributed by atoms with Crippen molar-refractivity contribution in [3.05, 3.63) is 18.0 Å². The van der Waals surface area contributed by atoms with E-state index in [4.69, 9.17) is 5.10 Å². The predicted octanol–water partition coefficient (Wildman–Crippen LogP) is 4.20. The standard InChI is InChI=1S/C18H33N3/c1-4-11-19-14-17(16-8-6-7-9-16)13-18-10-12-21(20-18)15(3)5-2/h10,12,15-17,19H,4-9,11,13-14H2,1-3H3. The monoisotopic (exact) mass is 291 g/mol. The summed E-state index contributed by atoms with van der Waals surface area (Å²) in [5.74, 6) is 1.67. The van der Waals surface area contributed by atoms with Crippen molar-refractivity contribution in [2.24, 2.45) is 11.8 Å². The molecule has 2 atom stereocenters. The van der Waals surface area contributed by atoms with Crippen LogP contribution in [0.5, 0.6) is 0 Å². The minimum absolute atomic E-state index is 0.516. The molecule has 1 N–H and O–H groups in total. The van der Waals surface area contributed by atoms with E-state index in [1.807, 2.05) is 0 Å². The third-order valence-electron chi connectivity index (χ3n) is 5.08. The average Bonchev–Trinajstić information content (AvgIpc) is 3.17. The third kappa shape index (κ3) is 4.84. The Morgan fingerprint density at radius 3 is 2.76 bits per heavy atom.